The molecule has 0 atom stereocenters. The van der Waals surface area contributed by atoms with Crippen LogP contribution in [0.1, 0.15) is 24.5 Å². The van der Waals surface area contributed by atoms with Gasteiger partial charge in [-0.3, -0.25) is 9.59 Å². The van der Waals surface area contributed by atoms with Crippen molar-refractivity contribution in [2.75, 3.05) is 25.1 Å². The van der Waals surface area contributed by atoms with Crippen LogP contribution in [0.4, 0.5) is 5.69 Å². The van der Waals surface area contributed by atoms with E-state index in [2.05, 4.69) is 5.32 Å². The molecule has 2 aromatic rings. The molecule has 0 saturated heterocycles. The van der Waals surface area contributed by atoms with Crippen molar-refractivity contribution in [1.29, 1.82) is 0 Å². The molecule has 0 unspecified atom stereocenters. The summed E-state index contributed by atoms with van der Waals surface area (Å²) in [5, 5.41) is 3.49. The molecule has 27 heavy (non-hydrogen) atoms. The van der Waals surface area contributed by atoms with Gasteiger partial charge in [-0.15, -0.1) is 0 Å². The average Bonchev–Trinajstić information content (AvgIpc) is 2.65. The predicted molar refractivity (Wildman–Crippen MR) is 109 cm³/mol. The number of nitrogens with zero attached hydrogens (tertiary/aromatic N) is 1. The quantitative estimate of drug-likeness (QED) is 0.749. The fraction of sp³-hybridized carbons (Fsp3) is 0.333. The fourth-order valence-corrected chi connectivity index (χ4v) is 3.05. The number of hydrogen-bond acceptors (Lipinski definition) is 3. The fourth-order valence-electron chi connectivity index (χ4n) is 2.88. The van der Waals surface area contributed by atoms with Gasteiger partial charge in [-0.05, 0) is 42.7 Å². The minimum atomic E-state index is -0.123. The van der Waals surface area contributed by atoms with Crippen LogP contribution in [0.15, 0.2) is 42.5 Å². The second-order valence-electron chi connectivity index (χ2n) is 6.22. The van der Waals surface area contributed by atoms with E-state index in [1.165, 1.54) is 6.92 Å². The highest BCUT2D eigenvalue weighted by Gasteiger charge is 2.16. The summed E-state index contributed by atoms with van der Waals surface area (Å²) in [7, 11) is 1.63. The maximum absolute atomic E-state index is 12.2. The van der Waals surface area contributed by atoms with Crippen LogP contribution < -0.4 is 15.0 Å². The second kappa shape index (κ2) is 9.97. The van der Waals surface area contributed by atoms with E-state index in [9.17, 15) is 9.59 Å². The molecule has 2 rings (SSSR count). The summed E-state index contributed by atoms with van der Waals surface area (Å²) in [5.41, 5.74) is 2.60. The molecule has 0 radical (unpaired) electrons. The first-order valence-electron chi connectivity index (χ1n) is 8.86. The van der Waals surface area contributed by atoms with Crippen LogP contribution in [-0.2, 0) is 16.0 Å². The third-order valence-electron chi connectivity index (χ3n) is 4.38. The number of rotatable bonds is 8. The van der Waals surface area contributed by atoms with E-state index in [0.29, 0.717) is 24.5 Å². The van der Waals surface area contributed by atoms with Crippen molar-refractivity contribution in [3.05, 3.63) is 58.6 Å². The van der Waals surface area contributed by atoms with Crippen LogP contribution in [0.5, 0.6) is 5.75 Å². The molecular weight excluding hydrogens is 364 g/mol. The Kier molecular flexibility index (Phi) is 7.67. The number of ether oxygens (including phenoxy) is 1. The number of anilines is 1. The molecule has 0 fully saturated rings. The molecule has 5 nitrogen and oxygen atoms in total. The van der Waals surface area contributed by atoms with Crippen LogP contribution in [-0.4, -0.2) is 32.0 Å². The lowest BCUT2D eigenvalue weighted by Crippen LogP contribution is -2.34. The van der Waals surface area contributed by atoms with Crippen molar-refractivity contribution in [2.24, 2.45) is 0 Å². The molecule has 6 heteroatoms. The molecule has 0 saturated carbocycles. The highest BCUT2D eigenvalue weighted by molar-refractivity contribution is 6.31. The molecule has 0 aliphatic carbocycles. The van der Waals surface area contributed by atoms with Gasteiger partial charge in [0.25, 0.3) is 0 Å². The zero-order valence-corrected chi connectivity index (χ0v) is 16.7. The van der Waals surface area contributed by atoms with E-state index in [4.69, 9.17) is 16.3 Å². The molecule has 144 valence electrons. The normalized spacial score (nSPS) is 10.4. The maximum Gasteiger partial charge on any atom is 0.223 e. The SMILES string of the molecule is COc1ccccc1CCNC(=O)CCN(C(C)=O)c1cccc(Cl)c1C. The van der Waals surface area contributed by atoms with Gasteiger partial charge in [0, 0.05) is 37.1 Å². The first-order valence-corrected chi connectivity index (χ1v) is 9.23. The summed E-state index contributed by atoms with van der Waals surface area (Å²) in [5.74, 6) is 0.587. The van der Waals surface area contributed by atoms with E-state index in [1.807, 2.05) is 37.3 Å². The average molecular weight is 389 g/mol. The number of hydrogen-bond donors (Lipinski definition) is 1. The molecule has 0 aliphatic heterocycles. The number of carbonyl (C=O) groups excluding carboxylic acids is 2. The van der Waals surface area contributed by atoms with Crippen molar-refractivity contribution in [3.8, 4) is 5.75 Å². The Bertz CT molecular complexity index is 808. The molecule has 0 bridgehead atoms. The Hall–Kier alpha value is -2.53. The number of para-hydroxylation sites is 1. The Labute approximate surface area is 165 Å². The van der Waals surface area contributed by atoms with Crippen LogP contribution in [0.25, 0.3) is 0 Å². The van der Waals surface area contributed by atoms with Crippen LogP contribution >= 0.6 is 11.6 Å². The number of halogens is 1. The van der Waals surface area contributed by atoms with Crippen LogP contribution in [0, 0.1) is 6.92 Å². The van der Waals surface area contributed by atoms with Gasteiger partial charge in [-0.2, -0.15) is 0 Å². The van der Waals surface area contributed by atoms with Crippen molar-refractivity contribution in [2.45, 2.75) is 26.7 Å². The first kappa shape index (κ1) is 20.8. The van der Waals surface area contributed by atoms with E-state index in [1.54, 1.807) is 24.1 Å². The number of methoxy groups -OCH3 is 1. The molecule has 0 aliphatic rings. The first-order chi connectivity index (χ1) is 12.9. The number of nitrogens with one attached hydrogen (secondary N) is 1. The third-order valence-corrected chi connectivity index (χ3v) is 4.79. The van der Waals surface area contributed by atoms with Gasteiger partial charge in [0.15, 0.2) is 0 Å². The lowest BCUT2D eigenvalue weighted by molar-refractivity contribution is -0.121. The van der Waals surface area contributed by atoms with Gasteiger partial charge in [0.1, 0.15) is 5.75 Å². The van der Waals surface area contributed by atoms with Gasteiger partial charge in [-0.25, -0.2) is 0 Å². The molecule has 2 aromatic carbocycles. The molecule has 0 spiro atoms. The largest absolute Gasteiger partial charge is 0.496 e. The van der Waals surface area contributed by atoms with Crippen LogP contribution in [0.3, 0.4) is 0 Å². The van der Waals surface area contributed by atoms with E-state index < -0.39 is 0 Å². The van der Waals surface area contributed by atoms with Gasteiger partial charge in [-0.1, -0.05) is 35.9 Å². The summed E-state index contributed by atoms with van der Waals surface area (Å²) in [6, 6.07) is 13.1. The topological polar surface area (TPSA) is 58.6 Å². The number of amides is 2. The number of benzene rings is 2. The molecular formula is C21H25ClN2O3. The van der Waals surface area contributed by atoms with E-state index in [0.717, 1.165) is 22.6 Å². The molecule has 0 heterocycles. The lowest BCUT2D eigenvalue weighted by atomic mass is 10.1. The van der Waals surface area contributed by atoms with Crippen molar-refractivity contribution in [1.82, 2.24) is 5.32 Å². The van der Waals surface area contributed by atoms with Crippen LogP contribution in [0.2, 0.25) is 5.02 Å². The van der Waals surface area contributed by atoms with Crippen molar-refractivity contribution < 1.29 is 14.3 Å². The van der Waals surface area contributed by atoms with Gasteiger partial charge >= 0.3 is 0 Å². The summed E-state index contributed by atoms with van der Waals surface area (Å²) in [6.45, 7) is 4.16. The Morgan fingerprint density at radius 2 is 1.89 bits per heavy atom. The predicted octanol–water partition coefficient (Wildman–Crippen LogP) is 3.76. The van der Waals surface area contributed by atoms with E-state index in [-0.39, 0.29) is 18.2 Å². The van der Waals surface area contributed by atoms with Gasteiger partial charge in [0.2, 0.25) is 11.8 Å². The lowest BCUT2D eigenvalue weighted by Gasteiger charge is -2.23. The van der Waals surface area contributed by atoms with Gasteiger partial charge < -0.3 is 15.0 Å². The zero-order valence-electron chi connectivity index (χ0n) is 15.9. The Morgan fingerprint density at radius 1 is 1.15 bits per heavy atom. The summed E-state index contributed by atoms with van der Waals surface area (Å²) in [4.78, 5) is 25.8. The molecule has 1 N–H and O–H groups in total. The summed E-state index contributed by atoms with van der Waals surface area (Å²) < 4.78 is 5.31. The summed E-state index contributed by atoms with van der Waals surface area (Å²) >= 11 is 6.15. The Morgan fingerprint density at radius 3 is 2.59 bits per heavy atom. The molecule has 2 amide bonds. The van der Waals surface area contributed by atoms with Gasteiger partial charge in [0.05, 0.1) is 7.11 Å². The summed E-state index contributed by atoms with van der Waals surface area (Å²) in [6.07, 6.45) is 0.900. The third kappa shape index (κ3) is 5.73. The number of carbonyl (C=O) groups is 2. The maximum atomic E-state index is 12.2. The zero-order chi connectivity index (χ0) is 19.8. The monoisotopic (exact) mass is 388 g/mol. The smallest absolute Gasteiger partial charge is 0.223 e. The van der Waals surface area contributed by atoms with E-state index >= 15 is 0 Å². The minimum Gasteiger partial charge on any atom is -0.496 e. The van der Waals surface area contributed by atoms with Crippen molar-refractivity contribution >= 4 is 29.1 Å². The highest BCUT2D eigenvalue weighted by Crippen LogP contribution is 2.26. The highest BCUT2D eigenvalue weighted by atomic mass is 35.5. The minimum absolute atomic E-state index is 0.101. The standard InChI is InChI=1S/C21H25ClN2O3/c1-15-18(22)8-6-9-19(15)24(16(2)25)14-12-21(26)23-13-11-17-7-4-5-10-20(17)27-3/h4-10H,11-14H2,1-3H3,(H,23,26). The Balaban J connectivity index is 1.89. The molecule has 0 aromatic heterocycles. The second-order valence-corrected chi connectivity index (χ2v) is 6.62. The van der Waals surface area contributed by atoms with Crippen molar-refractivity contribution in [3.63, 3.8) is 0 Å².